The molecule has 1 aromatic rings. The number of hydrogen-bond donors (Lipinski definition) is 0. The first-order valence-electron chi connectivity index (χ1n) is 4.16. The maximum atomic E-state index is 13.1. The van der Waals surface area contributed by atoms with Gasteiger partial charge in [0.2, 0.25) is 0 Å². The van der Waals surface area contributed by atoms with E-state index in [9.17, 15) is 22.4 Å². The molecule has 87 valence electrons. The largest absolute Gasteiger partial charge is 0.461 e. The lowest BCUT2D eigenvalue weighted by Crippen LogP contribution is -2.09. The van der Waals surface area contributed by atoms with E-state index in [2.05, 4.69) is 11.7 Å². The first-order valence-corrected chi connectivity index (χ1v) is 4.16. The molecule has 0 spiro atoms. The van der Waals surface area contributed by atoms with Gasteiger partial charge in [0.25, 0.3) is 0 Å². The van der Waals surface area contributed by atoms with E-state index in [-0.39, 0.29) is 0 Å². The molecule has 0 bridgehead atoms. The molecular weight excluding hydrogens is 228 g/mol. The third-order valence-corrected chi connectivity index (χ3v) is 1.86. The van der Waals surface area contributed by atoms with Gasteiger partial charge in [-0.3, -0.25) is 4.79 Å². The summed E-state index contributed by atoms with van der Waals surface area (Å²) in [5, 5.41) is 0. The molecular formula is C10H7F4O2. The standard InChI is InChI=1S/C10H7F4O2/c1-4-7(11)9(13)6(3-16-5(2)15)10(14)8(4)12/h1,3H2,2H3. The lowest BCUT2D eigenvalue weighted by molar-refractivity contribution is -0.142. The van der Waals surface area contributed by atoms with Gasteiger partial charge in [0.15, 0.2) is 23.3 Å². The van der Waals surface area contributed by atoms with E-state index in [1.54, 1.807) is 0 Å². The monoisotopic (exact) mass is 235 g/mol. The number of benzene rings is 1. The van der Waals surface area contributed by atoms with Crippen LogP contribution < -0.4 is 0 Å². The summed E-state index contributed by atoms with van der Waals surface area (Å²) in [4.78, 5) is 10.4. The molecule has 1 aromatic carbocycles. The summed E-state index contributed by atoms with van der Waals surface area (Å²) >= 11 is 0. The van der Waals surface area contributed by atoms with Crippen molar-refractivity contribution in [3.63, 3.8) is 0 Å². The smallest absolute Gasteiger partial charge is 0.302 e. The Labute approximate surface area is 88.8 Å². The highest BCUT2D eigenvalue weighted by molar-refractivity contribution is 5.65. The summed E-state index contributed by atoms with van der Waals surface area (Å²) in [6.45, 7) is 2.96. The molecule has 0 saturated carbocycles. The van der Waals surface area contributed by atoms with Gasteiger partial charge >= 0.3 is 5.97 Å². The fraction of sp³-hybridized carbons (Fsp3) is 0.200. The van der Waals surface area contributed by atoms with Crippen molar-refractivity contribution in [1.29, 1.82) is 0 Å². The second kappa shape index (κ2) is 4.51. The van der Waals surface area contributed by atoms with E-state index in [0.717, 1.165) is 6.92 Å². The van der Waals surface area contributed by atoms with Crippen LogP contribution in [0.1, 0.15) is 18.1 Å². The third-order valence-electron chi connectivity index (χ3n) is 1.86. The lowest BCUT2D eigenvalue weighted by atomic mass is 10.1. The predicted molar refractivity (Wildman–Crippen MR) is 46.2 cm³/mol. The van der Waals surface area contributed by atoms with Crippen LogP contribution in [-0.4, -0.2) is 5.97 Å². The van der Waals surface area contributed by atoms with Gasteiger partial charge in [0.1, 0.15) is 6.61 Å². The maximum absolute atomic E-state index is 13.1. The molecule has 0 aliphatic carbocycles. The minimum atomic E-state index is -1.61. The van der Waals surface area contributed by atoms with Crippen molar-refractivity contribution < 1.29 is 27.1 Å². The molecule has 0 saturated heterocycles. The molecule has 6 heteroatoms. The van der Waals surface area contributed by atoms with Crippen molar-refractivity contribution in [2.24, 2.45) is 0 Å². The van der Waals surface area contributed by atoms with Crippen LogP contribution in [0, 0.1) is 30.2 Å². The van der Waals surface area contributed by atoms with Crippen molar-refractivity contribution in [1.82, 2.24) is 0 Å². The normalized spacial score (nSPS) is 10.4. The van der Waals surface area contributed by atoms with Gasteiger partial charge in [0.05, 0.1) is 5.56 Å². The van der Waals surface area contributed by atoms with E-state index in [1.165, 1.54) is 0 Å². The van der Waals surface area contributed by atoms with Crippen LogP contribution in [0.2, 0.25) is 0 Å². The van der Waals surface area contributed by atoms with E-state index < -0.39 is 47.0 Å². The van der Waals surface area contributed by atoms with Gasteiger partial charge in [-0.05, 0) is 6.92 Å². The van der Waals surface area contributed by atoms with Gasteiger partial charge in [0, 0.05) is 12.5 Å². The highest BCUT2D eigenvalue weighted by Crippen LogP contribution is 2.23. The SMILES string of the molecule is [CH2]c1c(F)c(F)c(COC(C)=O)c(F)c1F. The minimum Gasteiger partial charge on any atom is -0.461 e. The Morgan fingerprint density at radius 2 is 1.56 bits per heavy atom. The number of halogens is 4. The predicted octanol–water partition coefficient (Wildman–Crippen LogP) is 2.49. The summed E-state index contributed by atoms with van der Waals surface area (Å²) in [6, 6.07) is 0. The lowest BCUT2D eigenvalue weighted by Gasteiger charge is -2.09. The first-order chi connectivity index (χ1) is 7.36. The molecule has 0 fully saturated rings. The zero-order chi connectivity index (χ0) is 12.5. The Balaban J connectivity index is 3.23. The van der Waals surface area contributed by atoms with Gasteiger partial charge in [-0.2, -0.15) is 0 Å². The number of esters is 1. The summed E-state index contributed by atoms with van der Waals surface area (Å²) < 4.78 is 56.5. The number of rotatable bonds is 2. The Hall–Kier alpha value is -1.59. The van der Waals surface area contributed by atoms with Crippen molar-refractivity contribution in [3.8, 4) is 0 Å². The van der Waals surface area contributed by atoms with Gasteiger partial charge in [-0.15, -0.1) is 0 Å². The van der Waals surface area contributed by atoms with Gasteiger partial charge in [-0.1, -0.05) is 0 Å². The molecule has 0 aromatic heterocycles. The van der Waals surface area contributed by atoms with Crippen molar-refractivity contribution in [2.75, 3.05) is 0 Å². The maximum Gasteiger partial charge on any atom is 0.302 e. The molecule has 0 aliphatic heterocycles. The summed E-state index contributed by atoms with van der Waals surface area (Å²) in [6.07, 6.45) is 0. The van der Waals surface area contributed by atoms with Crippen molar-refractivity contribution in [3.05, 3.63) is 41.3 Å². The molecule has 0 N–H and O–H groups in total. The van der Waals surface area contributed by atoms with Crippen LogP contribution in [0.5, 0.6) is 0 Å². The molecule has 0 aliphatic rings. The zero-order valence-electron chi connectivity index (χ0n) is 8.24. The van der Waals surface area contributed by atoms with Crippen LogP contribution in [-0.2, 0) is 16.1 Å². The van der Waals surface area contributed by atoms with E-state index in [1.807, 2.05) is 0 Å². The Morgan fingerprint density at radius 3 is 1.94 bits per heavy atom. The van der Waals surface area contributed by atoms with Crippen LogP contribution in [0.4, 0.5) is 17.6 Å². The van der Waals surface area contributed by atoms with Crippen LogP contribution in [0.25, 0.3) is 0 Å². The topological polar surface area (TPSA) is 26.3 Å². The average molecular weight is 235 g/mol. The van der Waals surface area contributed by atoms with Crippen molar-refractivity contribution >= 4 is 5.97 Å². The van der Waals surface area contributed by atoms with E-state index in [0.29, 0.717) is 0 Å². The molecule has 1 rings (SSSR count). The minimum absolute atomic E-state index is 0.821. The van der Waals surface area contributed by atoms with Gasteiger partial charge < -0.3 is 4.74 Å². The average Bonchev–Trinajstić information content (AvgIpc) is 2.23. The number of ether oxygens (including phenoxy) is 1. The van der Waals surface area contributed by atoms with E-state index in [4.69, 9.17) is 0 Å². The molecule has 0 heterocycles. The molecule has 2 nitrogen and oxygen atoms in total. The van der Waals surface area contributed by atoms with Gasteiger partial charge in [-0.25, -0.2) is 17.6 Å². The highest BCUT2D eigenvalue weighted by Gasteiger charge is 2.23. The molecule has 16 heavy (non-hydrogen) atoms. The summed E-state index contributed by atoms with van der Waals surface area (Å²) in [5.41, 5.74) is -1.97. The molecule has 0 atom stereocenters. The number of carbonyl (C=O) groups excluding carboxylic acids is 1. The zero-order valence-corrected chi connectivity index (χ0v) is 8.24. The Bertz CT molecular complexity index is 414. The fourth-order valence-electron chi connectivity index (χ4n) is 1.02. The van der Waals surface area contributed by atoms with E-state index >= 15 is 0 Å². The van der Waals surface area contributed by atoms with Crippen LogP contribution in [0.3, 0.4) is 0 Å². The van der Waals surface area contributed by atoms with Crippen molar-refractivity contribution in [2.45, 2.75) is 13.5 Å². The molecule has 0 unspecified atom stereocenters. The quantitative estimate of drug-likeness (QED) is 0.447. The Kier molecular flexibility index (Phi) is 3.51. The summed E-state index contributed by atoms with van der Waals surface area (Å²) in [7, 11) is 0. The second-order valence-electron chi connectivity index (χ2n) is 2.99. The molecule has 0 amide bonds. The van der Waals surface area contributed by atoms with Crippen LogP contribution in [0.15, 0.2) is 0 Å². The van der Waals surface area contributed by atoms with Crippen LogP contribution >= 0.6 is 0 Å². The fourth-order valence-corrected chi connectivity index (χ4v) is 1.02. The summed E-state index contributed by atoms with van der Waals surface area (Å²) in [5.74, 6) is -7.23. The molecule has 1 radical (unpaired) electrons. The Morgan fingerprint density at radius 1 is 1.12 bits per heavy atom. The first kappa shape index (κ1) is 12.5. The highest BCUT2D eigenvalue weighted by atomic mass is 19.2. The third kappa shape index (κ3) is 2.15. The second-order valence-corrected chi connectivity index (χ2v) is 2.99. The number of carbonyl (C=O) groups is 1. The number of hydrogen-bond acceptors (Lipinski definition) is 2.